The molecule has 0 radical (unpaired) electrons. The fraction of sp³-hybridized carbons (Fsp3) is 0.471. The molecule has 0 saturated carbocycles. The molecule has 122 valence electrons. The summed E-state index contributed by atoms with van der Waals surface area (Å²) in [5.74, 6) is 1.71. The molecular formula is C17H23N5O. The molecule has 3 rings (SSSR count). The third-order valence-electron chi connectivity index (χ3n) is 4.22. The van der Waals surface area contributed by atoms with Crippen molar-refractivity contribution in [2.24, 2.45) is 0 Å². The molecule has 1 fully saturated rings. The lowest BCUT2D eigenvalue weighted by molar-refractivity contribution is 0.0875. The maximum absolute atomic E-state index is 5.50. The van der Waals surface area contributed by atoms with Crippen molar-refractivity contribution in [3.63, 3.8) is 0 Å². The van der Waals surface area contributed by atoms with Crippen molar-refractivity contribution in [2.45, 2.75) is 31.8 Å². The summed E-state index contributed by atoms with van der Waals surface area (Å²) in [6.07, 6.45) is 5.62. The normalized spacial score (nSPS) is 19.1. The Bertz CT molecular complexity index is 615. The second kappa shape index (κ2) is 7.37. The first kappa shape index (κ1) is 15.7. The van der Waals surface area contributed by atoms with Crippen LogP contribution < -0.4 is 10.2 Å². The van der Waals surface area contributed by atoms with Crippen LogP contribution in [0, 0.1) is 0 Å². The van der Waals surface area contributed by atoms with E-state index in [2.05, 4.69) is 32.1 Å². The highest BCUT2D eigenvalue weighted by Gasteiger charge is 2.17. The van der Waals surface area contributed by atoms with Crippen LogP contribution in [0.4, 0.5) is 11.6 Å². The molecular weight excluding hydrogens is 290 g/mol. The Hall–Kier alpha value is -2.21. The van der Waals surface area contributed by atoms with Crippen molar-refractivity contribution >= 4 is 11.6 Å². The van der Waals surface area contributed by atoms with Crippen molar-refractivity contribution in [2.75, 3.05) is 30.5 Å². The Morgan fingerprint density at radius 3 is 2.96 bits per heavy atom. The third kappa shape index (κ3) is 3.96. The highest BCUT2D eigenvalue weighted by molar-refractivity contribution is 5.49. The van der Waals surface area contributed by atoms with E-state index >= 15 is 0 Å². The summed E-state index contributed by atoms with van der Waals surface area (Å²) >= 11 is 0. The Morgan fingerprint density at radius 2 is 2.22 bits per heavy atom. The molecule has 2 aromatic rings. The maximum atomic E-state index is 5.50. The molecule has 0 unspecified atom stereocenters. The van der Waals surface area contributed by atoms with Crippen LogP contribution in [0.2, 0.25) is 0 Å². The van der Waals surface area contributed by atoms with Gasteiger partial charge < -0.3 is 15.0 Å². The minimum Gasteiger partial charge on any atom is -0.379 e. The van der Waals surface area contributed by atoms with Crippen LogP contribution in [-0.2, 0) is 4.74 Å². The van der Waals surface area contributed by atoms with Gasteiger partial charge in [-0.25, -0.2) is 9.97 Å². The van der Waals surface area contributed by atoms with E-state index in [0.717, 1.165) is 43.4 Å². The standard InChI is InChI=1S/C17H23N5O/c1-13(15-7-3-4-8-18-15)22(2)17-10-16(19-12-20-17)21-14-6-5-9-23-11-14/h3-4,7-8,10,12-14H,5-6,9,11H2,1-2H3,(H,19,20,21)/t13-,14+/m0/s1. The van der Waals surface area contributed by atoms with Crippen molar-refractivity contribution in [1.29, 1.82) is 0 Å². The molecule has 0 spiro atoms. The maximum Gasteiger partial charge on any atom is 0.134 e. The molecule has 6 heteroatoms. The largest absolute Gasteiger partial charge is 0.379 e. The van der Waals surface area contributed by atoms with Gasteiger partial charge in [0.2, 0.25) is 0 Å². The zero-order valence-electron chi connectivity index (χ0n) is 13.6. The molecule has 1 aliphatic rings. The van der Waals surface area contributed by atoms with Crippen molar-refractivity contribution in [1.82, 2.24) is 15.0 Å². The minimum atomic E-state index is 0.136. The van der Waals surface area contributed by atoms with Crippen LogP contribution in [0.15, 0.2) is 36.8 Å². The first-order valence-corrected chi connectivity index (χ1v) is 8.04. The summed E-state index contributed by atoms with van der Waals surface area (Å²) in [5.41, 5.74) is 1.02. The van der Waals surface area contributed by atoms with E-state index in [-0.39, 0.29) is 6.04 Å². The molecule has 0 bridgehead atoms. The van der Waals surface area contributed by atoms with E-state index in [0.29, 0.717) is 6.04 Å². The van der Waals surface area contributed by atoms with E-state index in [1.807, 2.05) is 37.5 Å². The number of ether oxygens (including phenoxy) is 1. The van der Waals surface area contributed by atoms with Crippen LogP contribution in [0.25, 0.3) is 0 Å². The molecule has 1 aliphatic heterocycles. The van der Waals surface area contributed by atoms with Gasteiger partial charge in [0.15, 0.2) is 0 Å². The zero-order valence-corrected chi connectivity index (χ0v) is 13.6. The third-order valence-corrected chi connectivity index (χ3v) is 4.22. The van der Waals surface area contributed by atoms with Crippen LogP contribution >= 0.6 is 0 Å². The second-order valence-corrected chi connectivity index (χ2v) is 5.86. The van der Waals surface area contributed by atoms with Gasteiger partial charge in [-0.2, -0.15) is 0 Å². The monoisotopic (exact) mass is 313 g/mol. The number of hydrogen-bond donors (Lipinski definition) is 1. The van der Waals surface area contributed by atoms with Gasteiger partial charge in [0, 0.05) is 25.9 Å². The Balaban J connectivity index is 1.71. The van der Waals surface area contributed by atoms with E-state index in [4.69, 9.17) is 4.74 Å². The average Bonchev–Trinajstić information content (AvgIpc) is 2.62. The number of aromatic nitrogens is 3. The number of pyridine rings is 1. The predicted molar refractivity (Wildman–Crippen MR) is 90.6 cm³/mol. The van der Waals surface area contributed by atoms with E-state index in [1.165, 1.54) is 0 Å². The summed E-state index contributed by atoms with van der Waals surface area (Å²) < 4.78 is 5.50. The van der Waals surface area contributed by atoms with E-state index in [9.17, 15) is 0 Å². The predicted octanol–water partition coefficient (Wildman–Crippen LogP) is 2.66. The summed E-state index contributed by atoms with van der Waals surface area (Å²) in [6.45, 7) is 3.71. The molecule has 1 saturated heterocycles. The Labute approximate surface area is 136 Å². The van der Waals surface area contributed by atoms with Crippen molar-refractivity contribution in [3.05, 3.63) is 42.5 Å². The van der Waals surface area contributed by atoms with Gasteiger partial charge in [-0.15, -0.1) is 0 Å². The summed E-state index contributed by atoms with van der Waals surface area (Å²) in [5, 5.41) is 3.44. The van der Waals surface area contributed by atoms with Crippen LogP contribution in [0.1, 0.15) is 31.5 Å². The van der Waals surface area contributed by atoms with Gasteiger partial charge in [-0.05, 0) is 31.9 Å². The molecule has 0 aliphatic carbocycles. The fourth-order valence-electron chi connectivity index (χ4n) is 2.70. The number of anilines is 2. The highest BCUT2D eigenvalue weighted by Crippen LogP contribution is 2.23. The number of nitrogens with one attached hydrogen (secondary N) is 1. The molecule has 2 atom stereocenters. The molecule has 1 N–H and O–H groups in total. The van der Waals surface area contributed by atoms with E-state index < -0.39 is 0 Å². The zero-order chi connectivity index (χ0) is 16.1. The lowest BCUT2D eigenvalue weighted by Gasteiger charge is -2.27. The smallest absolute Gasteiger partial charge is 0.134 e. The molecule has 2 aromatic heterocycles. The van der Waals surface area contributed by atoms with Gasteiger partial charge in [-0.3, -0.25) is 4.98 Å². The van der Waals surface area contributed by atoms with Gasteiger partial charge in [0.25, 0.3) is 0 Å². The lowest BCUT2D eigenvalue weighted by atomic mass is 10.1. The SMILES string of the molecule is C[C@@H](c1ccccn1)N(C)c1cc(N[C@@H]2CCCOC2)ncn1. The van der Waals surface area contributed by atoms with Crippen molar-refractivity contribution < 1.29 is 4.74 Å². The first-order chi connectivity index (χ1) is 11.2. The molecule has 3 heterocycles. The molecule has 0 aromatic carbocycles. The van der Waals surface area contributed by atoms with E-state index in [1.54, 1.807) is 6.33 Å². The van der Waals surface area contributed by atoms with Gasteiger partial charge in [0.1, 0.15) is 18.0 Å². The Morgan fingerprint density at radius 1 is 1.30 bits per heavy atom. The number of hydrogen-bond acceptors (Lipinski definition) is 6. The topological polar surface area (TPSA) is 63.2 Å². The molecule has 23 heavy (non-hydrogen) atoms. The fourth-order valence-corrected chi connectivity index (χ4v) is 2.70. The summed E-state index contributed by atoms with van der Waals surface area (Å²) in [4.78, 5) is 15.3. The molecule has 6 nitrogen and oxygen atoms in total. The van der Waals surface area contributed by atoms with Crippen LogP contribution in [0.3, 0.4) is 0 Å². The van der Waals surface area contributed by atoms with Gasteiger partial charge in [-0.1, -0.05) is 6.07 Å². The summed E-state index contributed by atoms with van der Waals surface area (Å²) in [7, 11) is 2.02. The Kier molecular flexibility index (Phi) is 5.02. The minimum absolute atomic E-state index is 0.136. The van der Waals surface area contributed by atoms with Crippen molar-refractivity contribution in [3.8, 4) is 0 Å². The van der Waals surface area contributed by atoms with Gasteiger partial charge >= 0.3 is 0 Å². The van der Waals surface area contributed by atoms with Gasteiger partial charge in [0.05, 0.1) is 24.4 Å². The second-order valence-electron chi connectivity index (χ2n) is 5.86. The highest BCUT2D eigenvalue weighted by atomic mass is 16.5. The average molecular weight is 313 g/mol. The van der Waals surface area contributed by atoms with Crippen LogP contribution in [-0.4, -0.2) is 41.3 Å². The van der Waals surface area contributed by atoms with Crippen LogP contribution in [0.5, 0.6) is 0 Å². The lowest BCUT2D eigenvalue weighted by Crippen LogP contribution is -2.30. The quantitative estimate of drug-likeness (QED) is 0.915. The first-order valence-electron chi connectivity index (χ1n) is 8.04. The number of rotatable bonds is 5. The summed E-state index contributed by atoms with van der Waals surface area (Å²) in [6, 6.07) is 8.40. The molecule has 0 amide bonds. The number of nitrogens with zero attached hydrogens (tertiary/aromatic N) is 4.